The van der Waals surface area contributed by atoms with Gasteiger partial charge < -0.3 is 4.52 Å². The first-order valence-electron chi connectivity index (χ1n) is 9.80. The number of rotatable bonds is 8. The molecule has 0 amide bonds. The van der Waals surface area contributed by atoms with Crippen LogP contribution in [0.25, 0.3) is 11.1 Å². The van der Waals surface area contributed by atoms with Gasteiger partial charge in [0.1, 0.15) is 5.75 Å². The zero-order valence-electron chi connectivity index (χ0n) is 17.0. The Morgan fingerprint density at radius 3 is 2.27 bits per heavy atom. The maximum atomic E-state index is 12.4. The summed E-state index contributed by atoms with van der Waals surface area (Å²) in [5.41, 5.74) is 4.07. The highest BCUT2D eigenvalue weighted by Crippen LogP contribution is 2.44. The molecule has 0 fully saturated rings. The third-order valence-electron chi connectivity index (χ3n) is 4.87. The molecule has 0 radical (unpaired) electrons. The van der Waals surface area contributed by atoms with Gasteiger partial charge in [0.25, 0.3) is 0 Å². The Hall–Kier alpha value is -2.72. The van der Waals surface area contributed by atoms with Gasteiger partial charge in [-0.05, 0) is 41.2 Å². The zero-order valence-corrected chi connectivity index (χ0v) is 17.9. The van der Waals surface area contributed by atoms with Crippen LogP contribution in [0.15, 0.2) is 72.8 Å². The average Bonchev–Trinajstić information content (AvgIpc) is 2.72. The normalized spacial score (nSPS) is 11.5. The third kappa shape index (κ3) is 5.67. The molecular formula is C24H25O5P. The Kier molecular flexibility index (Phi) is 6.88. The van der Waals surface area contributed by atoms with Crippen LogP contribution in [0.3, 0.4) is 0 Å². The Labute approximate surface area is 176 Å². The molecule has 0 saturated heterocycles. The van der Waals surface area contributed by atoms with E-state index in [0.29, 0.717) is 24.0 Å². The van der Waals surface area contributed by atoms with Crippen molar-refractivity contribution in [2.75, 3.05) is 0 Å². The van der Waals surface area contributed by atoms with Crippen molar-refractivity contribution in [3.8, 4) is 16.9 Å². The van der Waals surface area contributed by atoms with E-state index in [1.807, 2.05) is 48.5 Å². The minimum absolute atomic E-state index is 0.0512. The van der Waals surface area contributed by atoms with Gasteiger partial charge in [-0.2, -0.15) is 0 Å². The smallest absolute Gasteiger partial charge is 0.404 e. The van der Waals surface area contributed by atoms with Crippen molar-refractivity contribution in [3.63, 3.8) is 0 Å². The van der Waals surface area contributed by atoms with E-state index in [1.165, 1.54) is 0 Å². The van der Waals surface area contributed by atoms with E-state index < -0.39 is 7.82 Å². The fourth-order valence-corrected chi connectivity index (χ4v) is 3.84. The number of Topliss-reactive ketones (excluding diaryl/α,β-unsaturated/α-hetero) is 1. The van der Waals surface area contributed by atoms with Crippen LogP contribution in [-0.2, 0) is 11.0 Å². The number of aryl methyl sites for hydroxylation is 1. The van der Waals surface area contributed by atoms with Crippen molar-refractivity contribution in [2.45, 2.75) is 32.6 Å². The average molecular weight is 424 g/mol. The van der Waals surface area contributed by atoms with Crippen LogP contribution in [0.1, 0.15) is 47.7 Å². The fraction of sp³-hybridized carbons (Fsp3) is 0.208. The SMILES string of the molecule is CC(C)c1ccccc1-c1cc(CCC(=O)c2ccccc2)ccc1OP(=O)(O)O. The van der Waals surface area contributed by atoms with Crippen molar-refractivity contribution >= 4 is 13.6 Å². The van der Waals surface area contributed by atoms with Gasteiger partial charge in [0.2, 0.25) is 0 Å². The Balaban J connectivity index is 1.95. The number of carbonyl (C=O) groups is 1. The molecule has 0 saturated carbocycles. The molecule has 0 spiro atoms. The van der Waals surface area contributed by atoms with Gasteiger partial charge in [0.15, 0.2) is 5.78 Å². The molecule has 0 aliphatic rings. The van der Waals surface area contributed by atoms with Gasteiger partial charge in [-0.3, -0.25) is 14.6 Å². The first-order chi connectivity index (χ1) is 14.2. The van der Waals surface area contributed by atoms with Gasteiger partial charge in [-0.15, -0.1) is 0 Å². The standard InChI is InChI=1S/C24H25O5P/c1-17(2)20-10-6-7-11-21(20)22-16-18(13-15-24(22)29-30(26,27)28)12-14-23(25)19-8-4-3-5-9-19/h3-11,13,15-17H,12,14H2,1-2H3,(H2,26,27,28). The van der Waals surface area contributed by atoms with Crippen molar-refractivity contribution in [3.05, 3.63) is 89.5 Å². The molecule has 0 aromatic heterocycles. The predicted octanol–water partition coefficient (Wildman–Crippen LogP) is 5.76. The van der Waals surface area contributed by atoms with E-state index in [4.69, 9.17) is 4.52 Å². The number of phosphoric ester groups is 1. The van der Waals surface area contributed by atoms with Crippen LogP contribution < -0.4 is 4.52 Å². The lowest BCUT2D eigenvalue weighted by Gasteiger charge is -2.18. The summed E-state index contributed by atoms with van der Waals surface area (Å²) in [6, 6.07) is 22.0. The molecule has 3 rings (SSSR count). The minimum Gasteiger partial charge on any atom is -0.404 e. The highest BCUT2D eigenvalue weighted by molar-refractivity contribution is 7.46. The minimum atomic E-state index is -4.71. The van der Waals surface area contributed by atoms with Gasteiger partial charge in [0, 0.05) is 17.5 Å². The molecule has 0 unspecified atom stereocenters. The van der Waals surface area contributed by atoms with Crippen LogP contribution in [0, 0.1) is 0 Å². The Bertz CT molecular complexity index is 1070. The van der Waals surface area contributed by atoms with E-state index in [0.717, 1.165) is 16.7 Å². The summed E-state index contributed by atoms with van der Waals surface area (Å²) < 4.78 is 16.5. The topological polar surface area (TPSA) is 83.8 Å². The van der Waals surface area contributed by atoms with Crippen molar-refractivity contribution < 1.29 is 23.7 Å². The molecule has 3 aromatic carbocycles. The second-order valence-corrected chi connectivity index (χ2v) is 8.61. The largest absolute Gasteiger partial charge is 0.524 e. The van der Waals surface area contributed by atoms with Gasteiger partial charge >= 0.3 is 7.82 Å². The van der Waals surface area contributed by atoms with Crippen LogP contribution in [0.4, 0.5) is 0 Å². The third-order valence-corrected chi connectivity index (χ3v) is 5.31. The summed E-state index contributed by atoms with van der Waals surface area (Å²) >= 11 is 0. The number of benzene rings is 3. The molecular weight excluding hydrogens is 399 g/mol. The van der Waals surface area contributed by atoms with Crippen LogP contribution >= 0.6 is 7.82 Å². The molecule has 0 bridgehead atoms. The summed E-state index contributed by atoms with van der Waals surface area (Å²) in [6.07, 6.45) is 0.856. The van der Waals surface area contributed by atoms with E-state index in [9.17, 15) is 19.1 Å². The summed E-state index contributed by atoms with van der Waals surface area (Å²) in [5, 5.41) is 0. The molecule has 0 aliphatic carbocycles. The summed E-state index contributed by atoms with van der Waals surface area (Å²) in [4.78, 5) is 31.1. The van der Waals surface area contributed by atoms with Gasteiger partial charge in [0.05, 0.1) is 0 Å². The first-order valence-corrected chi connectivity index (χ1v) is 11.3. The van der Waals surface area contributed by atoms with E-state index in [1.54, 1.807) is 24.3 Å². The quantitative estimate of drug-likeness (QED) is 0.355. The first kappa shape index (κ1) is 22.0. The number of ketones is 1. The van der Waals surface area contributed by atoms with Crippen molar-refractivity contribution in [2.24, 2.45) is 0 Å². The monoisotopic (exact) mass is 424 g/mol. The molecule has 30 heavy (non-hydrogen) atoms. The van der Waals surface area contributed by atoms with Crippen LogP contribution in [0.2, 0.25) is 0 Å². The molecule has 156 valence electrons. The zero-order chi connectivity index (χ0) is 21.7. The van der Waals surface area contributed by atoms with Crippen LogP contribution in [-0.4, -0.2) is 15.6 Å². The second kappa shape index (κ2) is 9.40. The molecule has 5 nitrogen and oxygen atoms in total. The Morgan fingerprint density at radius 2 is 1.60 bits per heavy atom. The summed E-state index contributed by atoms with van der Waals surface area (Å²) in [7, 11) is -4.71. The number of hydrogen-bond donors (Lipinski definition) is 2. The maximum Gasteiger partial charge on any atom is 0.524 e. The molecule has 0 atom stereocenters. The van der Waals surface area contributed by atoms with E-state index in [-0.39, 0.29) is 17.5 Å². The lowest BCUT2D eigenvalue weighted by Crippen LogP contribution is -2.02. The molecule has 6 heteroatoms. The van der Waals surface area contributed by atoms with Gasteiger partial charge in [-0.1, -0.05) is 74.5 Å². The van der Waals surface area contributed by atoms with E-state index >= 15 is 0 Å². The van der Waals surface area contributed by atoms with Crippen molar-refractivity contribution in [1.82, 2.24) is 0 Å². The lowest BCUT2D eigenvalue weighted by atomic mass is 9.90. The number of phosphoric acid groups is 1. The number of carbonyl (C=O) groups excluding carboxylic acids is 1. The van der Waals surface area contributed by atoms with E-state index in [2.05, 4.69) is 13.8 Å². The molecule has 2 N–H and O–H groups in total. The molecule has 0 aliphatic heterocycles. The van der Waals surface area contributed by atoms with Gasteiger partial charge in [-0.25, -0.2) is 4.57 Å². The Morgan fingerprint density at radius 1 is 0.933 bits per heavy atom. The molecule has 3 aromatic rings. The fourth-order valence-electron chi connectivity index (χ4n) is 3.42. The maximum absolute atomic E-state index is 12.4. The number of hydrogen-bond acceptors (Lipinski definition) is 3. The predicted molar refractivity (Wildman–Crippen MR) is 118 cm³/mol. The highest BCUT2D eigenvalue weighted by atomic mass is 31.2. The summed E-state index contributed by atoms with van der Waals surface area (Å²) in [6.45, 7) is 4.12. The molecule has 0 heterocycles. The lowest BCUT2D eigenvalue weighted by molar-refractivity contribution is 0.0983. The van der Waals surface area contributed by atoms with Crippen LogP contribution in [0.5, 0.6) is 5.75 Å². The summed E-state index contributed by atoms with van der Waals surface area (Å²) in [5.74, 6) is 0.386. The highest BCUT2D eigenvalue weighted by Gasteiger charge is 2.21. The van der Waals surface area contributed by atoms with Crippen molar-refractivity contribution in [1.29, 1.82) is 0 Å². The second-order valence-electron chi connectivity index (χ2n) is 7.44.